The summed E-state index contributed by atoms with van der Waals surface area (Å²) in [4.78, 5) is 7.35. The second kappa shape index (κ2) is 4.45. The number of ether oxygens (including phenoxy) is 1. The van der Waals surface area contributed by atoms with Gasteiger partial charge in [-0.05, 0) is 38.3 Å². The molecule has 1 aromatic heterocycles. The van der Waals surface area contributed by atoms with Crippen LogP contribution in [0.3, 0.4) is 0 Å². The molecule has 1 atom stereocenters. The zero-order valence-electron chi connectivity index (χ0n) is 12.1. The predicted octanol–water partition coefficient (Wildman–Crippen LogP) is 3.29. The first-order chi connectivity index (χ1) is 9.70. The third kappa shape index (κ3) is 2.06. The Labute approximate surface area is 119 Å². The molecule has 104 valence electrons. The van der Waals surface area contributed by atoms with Crippen molar-refractivity contribution in [2.75, 3.05) is 6.54 Å². The Morgan fingerprint density at radius 2 is 2.15 bits per heavy atom. The summed E-state index contributed by atoms with van der Waals surface area (Å²) in [6.45, 7) is 6.24. The lowest BCUT2D eigenvalue weighted by Gasteiger charge is -2.20. The van der Waals surface area contributed by atoms with Gasteiger partial charge in [0.05, 0.1) is 5.52 Å². The number of hydrogen-bond acceptors (Lipinski definition) is 3. The minimum absolute atomic E-state index is 0.214. The molecule has 1 aliphatic heterocycles. The van der Waals surface area contributed by atoms with Crippen LogP contribution in [0.25, 0.3) is 10.9 Å². The van der Waals surface area contributed by atoms with Crippen LogP contribution < -0.4 is 4.74 Å². The quantitative estimate of drug-likeness (QED) is 0.793. The maximum Gasteiger partial charge on any atom is 0.218 e. The average molecular weight is 268 g/mol. The highest BCUT2D eigenvalue weighted by Gasteiger charge is 2.33. The number of rotatable bonds is 1. The molecule has 2 aromatic rings. The van der Waals surface area contributed by atoms with Gasteiger partial charge in [-0.25, -0.2) is 4.98 Å². The molecule has 1 aromatic carbocycles. The predicted molar refractivity (Wildman–Crippen MR) is 80.0 cm³/mol. The van der Waals surface area contributed by atoms with Crippen molar-refractivity contribution in [3.05, 3.63) is 35.4 Å². The highest BCUT2D eigenvalue weighted by atomic mass is 16.5. The lowest BCUT2D eigenvalue weighted by atomic mass is 10.1. The SMILES string of the molecule is Cc1cccc2cc3c(nc12)O[C@H](C)CN(C1CC1)C3. The fraction of sp³-hybridized carbons (Fsp3) is 0.471. The first-order valence-corrected chi connectivity index (χ1v) is 7.50. The maximum absolute atomic E-state index is 6.08. The number of hydrogen-bond donors (Lipinski definition) is 0. The molecule has 2 aliphatic rings. The summed E-state index contributed by atoms with van der Waals surface area (Å²) in [6, 6.07) is 9.38. The number of aryl methyl sites for hydroxylation is 1. The van der Waals surface area contributed by atoms with Gasteiger partial charge in [-0.3, -0.25) is 4.90 Å². The summed E-state index contributed by atoms with van der Waals surface area (Å²) < 4.78 is 6.08. The number of para-hydroxylation sites is 1. The maximum atomic E-state index is 6.08. The second-order valence-electron chi connectivity index (χ2n) is 6.19. The van der Waals surface area contributed by atoms with E-state index >= 15 is 0 Å². The second-order valence-corrected chi connectivity index (χ2v) is 6.19. The van der Waals surface area contributed by atoms with Gasteiger partial charge >= 0.3 is 0 Å². The molecule has 3 heteroatoms. The van der Waals surface area contributed by atoms with Crippen molar-refractivity contribution in [2.24, 2.45) is 0 Å². The lowest BCUT2D eigenvalue weighted by Crippen LogP contribution is -2.32. The van der Waals surface area contributed by atoms with E-state index in [1.54, 1.807) is 0 Å². The smallest absolute Gasteiger partial charge is 0.218 e. The van der Waals surface area contributed by atoms with E-state index in [1.165, 1.54) is 29.4 Å². The molecular weight excluding hydrogens is 248 g/mol. The molecule has 0 spiro atoms. The Morgan fingerprint density at radius 1 is 1.30 bits per heavy atom. The molecule has 20 heavy (non-hydrogen) atoms. The van der Waals surface area contributed by atoms with Crippen LogP contribution >= 0.6 is 0 Å². The van der Waals surface area contributed by atoms with E-state index in [1.807, 2.05) is 0 Å². The number of nitrogens with zero attached hydrogens (tertiary/aromatic N) is 2. The molecule has 1 saturated carbocycles. The van der Waals surface area contributed by atoms with Crippen molar-refractivity contribution in [1.82, 2.24) is 9.88 Å². The van der Waals surface area contributed by atoms with Gasteiger partial charge in [0.2, 0.25) is 5.88 Å². The van der Waals surface area contributed by atoms with E-state index in [-0.39, 0.29) is 6.10 Å². The monoisotopic (exact) mass is 268 g/mol. The highest BCUT2D eigenvalue weighted by Crippen LogP contribution is 2.34. The Bertz CT molecular complexity index is 663. The average Bonchev–Trinajstić information content (AvgIpc) is 3.23. The van der Waals surface area contributed by atoms with Crippen molar-refractivity contribution in [3.63, 3.8) is 0 Å². The molecular formula is C17H20N2O. The van der Waals surface area contributed by atoms with Gasteiger partial charge in [-0.15, -0.1) is 0 Å². The van der Waals surface area contributed by atoms with Crippen LogP contribution in [0.1, 0.15) is 30.9 Å². The zero-order chi connectivity index (χ0) is 13.7. The standard InChI is InChI=1S/C17H20N2O/c1-11-4-3-5-13-8-14-10-19(15-6-7-15)9-12(2)20-17(14)18-16(11)13/h3-5,8,12,15H,6-7,9-10H2,1-2H3/t12-/m1/s1. The van der Waals surface area contributed by atoms with Gasteiger partial charge in [-0.1, -0.05) is 18.2 Å². The van der Waals surface area contributed by atoms with E-state index in [0.717, 1.165) is 30.5 Å². The van der Waals surface area contributed by atoms with Crippen LogP contribution in [0, 0.1) is 6.92 Å². The normalized spacial score (nSPS) is 23.2. The lowest BCUT2D eigenvalue weighted by molar-refractivity contribution is 0.152. The summed E-state index contributed by atoms with van der Waals surface area (Å²) in [5, 5.41) is 1.22. The van der Waals surface area contributed by atoms with Crippen LogP contribution in [-0.4, -0.2) is 28.6 Å². The van der Waals surface area contributed by atoms with Gasteiger partial charge < -0.3 is 4.74 Å². The summed E-state index contributed by atoms with van der Waals surface area (Å²) in [6.07, 6.45) is 2.88. The molecule has 0 bridgehead atoms. The topological polar surface area (TPSA) is 25.4 Å². The van der Waals surface area contributed by atoms with Crippen molar-refractivity contribution in [2.45, 2.75) is 45.4 Å². The van der Waals surface area contributed by atoms with Crippen LogP contribution in [0.4, 0.5) is 0 Å². The van der Waals surface area contributed by atoms with Crippen molar-refractivity contribution in [1.29, 1.82) is 0 Å². The van der Waals surface area contributed by atoms with E-state index in [9.17, 15) is 0 Å². The number of pyridine rings is 1. The van der Waals surface area contributed by atoms with Crippen LogP contribution in [-0.2, 0) is 6.54 Å². The third-order valence-electron chi connectivity index (χ3n) is 4.33. The van der Waals surface area contributed by atoms with Crippen molar-refractivity contribution >= 4 is 10.9 Å². The summed E-state index contributed by atoms with van der Waals surface area (Å²) in [5.41, 5.74) is 3.52. The minimum Gasteiger partial charge on any atom is -0.473 e. The van der Waals surface area contributed by atoms with Crippen LogP contribution in [0.2, 0.25) is 0 Å². The number of fused-ring (bicyclic) bond motifs is 2. The first-order valence-electron chi connectivity index (χ1n) is 7.50. The Hall–Kier alpha value is -1.61. The molecule has 4 rings (SSSR count). The minimum atomic E-state index is 0.214. The molecule has 0 unspecified atom stereocenters. The number of benzene rings is 1. The van der Waals surface area contributed by atoms with E-state index in [4.69, 9.17) is 9.72 Å². The first kappa shape index (κ1) is 12.2. The number of aromatic nitrogens is 1. The van der Waals surface area contributed by atoms with Gasteiger partial charge in [0.1, 0.15) is 6.10 Å². The Balaban J connectivity index is 1.82. The molecule has 0 radical (unpaired) electrons. The summed E-state index contributed by atoms with van der Waals surface area (Å²) in [5.74, 6) is 0.836. The molecule has 3 nitrogen and oxygen atoms in total. The third-order valence-corrected chi connectivity index (χ3v) is 4.33. The fourth-order valence-corrected chi connectivity index (χ4v) is 3.15. The van der Waals surface area contributed by atoms with Crippen molar-refractivity contribution in [3.8, 4) is 5.88 Å². The van der Waals surface area contributed by atoms with Gasteiger partial charge in [0.15, 0.2) is 0 Å². The van der Waals surface area contributed by atoms with E-state index < -0.39 is 0 Å². The zero-order valence-corrected chi connectivity index (χ0v) is 12.1. The Morgan fingerprint density at radius 3 is 2.95 bits per heavy atom. The fourth-order valence-electron chi connectivity index (χ4n) is 3.15. The van der Waals surface area contributed by atoms with E-state index in [2.05, 4.69) is 43.0 Å². The largest absolute Gasteiger partial charge is 0.473 e. The molecule has 1 fully saturated rings. The van der Waals surface area contributed by atoms with Gasteiger partial charge in [0.25, 0.3) is 0 Å². The summed E-state index contributed by atoms with van der Waals surface area (Å²) in [7, 11) is 0. The Kier molecular flexibility index (Phi) is 2.71. The summed E-state index contributed by atoms with van der Waals surface area (Å²) >= 11 is 0. The van der Waals surface area contributed by atoms with Gasteiger partial charge in [0, 0.05) is 30.1 Å². The van der Waals surface area contributed by atoms with Crippen LogP contribution in [0.15, 0.2) is 24.3 Å². The van der Waals surface area contributed by atoms with Gasteiger partial charge in [-0.2, -0.15) is 0 Å². The molecule has 1 aliphatic carbocycles. The van der Waals surface area contributed by atoms with E-state index in [0.29, 0.717) is 0 Å². The molecule has 2 heterocycles. The van der Waals surface area contributed by atoms with Crippen LogP contribution in [0.5, 0.6) is 5.88 Å². The molecule has 0 N–H and O–H groups in total. The highest BCUT2D eigenvalue weighted by molar-refractivity contribution is 5.83. The molecule has 0 saturated heterocycles. The molecule has 0 amide bonds. The van der Waals surface area contributed by atoms with Crippen molar-refractivity contribution < 1.29 is 4.74 Å².